The molecule has 1 saturated carbocycles. The topological polar surface area (TPSA) is 15.3 Å². The zero-order chi connectivity index (χ0) is 17.1. The Hall–Kier alpha value is -1.96. The predicted octanol–water partition coefficient (Wildman–Crippen LogP) is 5.82. The van der Waals surface area contributed by atoms with Gasteiger partial charge < -0.3 is 10.2 Å². The minimum Gasteiger partial charge on any atom is -0.388 e. The van der Waals surface area contributed by atoms with Crippen LogP contribution < -0.4 is 10.2 Å². The van der Waals surface area contributed by atoms with Gasteiger partial charge >= 0.3 is 0 Å². The number of hydrogen-bond acceptors (Lipinski definition) is 2. The van der Waals surface area contributed by atoms with Crippen LogP contribution in [-0.2, 0) is 0 Å². The smallest absolute Gasteiger partial charge is 0.0367 e. The van der Waals surface area contributed by atoms with Crippen LogP contribution in [0.1, 0.15) is 49.1 Å². The standard InChI is InChI=1S/C22H30N2/c1-16-10-12-19(24(3)4)15-21(16)22-14-18(23-2)11-13-20(22)17-8-6-5-7-9-17/h10-15,17,23H,5-9H2,1-4H3. The molecule has 0 atom stereocenters. The fourth-order valence-corrected chi connectivity index (χ4v) is 3.89. The molecule has 128 valence electrons. The van der Waals surface area contributed by atoms with Gasteiger partial charge in [0.05, 0.1) is 0 Å². The predicted molar refractivity (Wildman–Crippen MR) is 106 cm³/mol. The molecule has 0 heterocycles. The molecule has 0 aliphatic heterocycles. The fourth-order valence-electron chi connectivity index (χ4n) is 3.89. The van der Waals surface area contributed by atoms with Crippen molar-refractivity contribution in [2.75, 3.05) is 31.4 Å². The van der Waals surface area contributed by atoms with Gasteiger partial charge in [0.1, 0.15) is 0 Å². The monoisotopic (exact) mass is 322 g/mol. The van der Waals surface area contributed by atoms with Crippen LogP contribution in [0.2, 0.25) is 0 Å². The van der Waals surface area contributed by atoms with Gasteiger partial charge in [0.2, 0.25) is 0 Å². The average Bonchev–Trinajstić information content (AvgIpc) is 2.62. The summed E-state index contributed by atoms with van der Waals surface area (Å²) in [4.78, 5) is 2.19. The van der Waals surface area contributed by atoms with Gasteiger partial charge in [-0.05, 0) is 72.2 Å². The third-order valence-electron chi connectivity index (χ3n) is 5.41. The van der Waals surface area contributed by atoms with Crippen molar-refractivity contribution in [3.8, 4) is 11.1 Å². The highest BCUT2D eigenvalue weighted by Crippen LogP contribution is 2.40. The van der Waals surface area contributed by atoms with Crippen molar-refractivity contribution in [1.29, 1.82) is 0 Å². The highest BCUT2D eigenvalue weighted by molar-refractivity contribution is 5.77. The molecule has 3 rings (SSSR count). The minimum absolute atomic E-state index is 0.710. The van der Waals surface area contributed by atoms with Crippen molar-refractivity contribution in [3.05, 3.63) is 47.5 Å². The number of nitrogens with zero attached hydrogens (tertiary/aromatic N) is 1. The van der Waals surface area contributed by atoms with Crippen molar-refractivity contribution in [2.45, 2.75) is 44.9 Å². The van der Waals surface area contributed by atoms with Crippen molar-refractivity contribution < 1.29 is 0 Å². The number of hydrogen-bond donors (Lipinski definition) is 1. The van der Waals surface area contributed by atoms with Gasteiger partial charge in [0.25, 0.3) is 0 Å². The summed E-state index contributed by atoms with van der Waals surface area (Å²) in [5.74, 6) is 0.710. The molecular weight excluding hydrogens is 292 g/mol. The van der Waals surface area contributed by atoms with Gasteiger partial charge in [0, 0.05) is 32.5 Å². The molecule has 2 aromatic carbocycles. The van der Waals surface area contributed by atoms with Crippen molar-refractivity contribution in [1.82, 2.24) is 0 Å². The SMILES string of the molecule is CNc1ccc(C2CCCCC2)c(-c2cc(N(C)C)ccc2C)c1. The molecule has 1 fully saturated rings. The molecule has 2 heteroatoms. The number of aryl methyl sites for hydroxylation is 1. The highest BCUT2D eigenvalue weighted by Gasteiger charge is 2.20. The number of rotatable bonds is 4. The second kappa shape index (κ2) is 7.29. The Bertz CT molecular complexity index is 697. The molecule has 1 aliphatic rings. The van der Waals surface area contributed by atoms with Crippen LogP contribution in [0.3, 0.4) is 0 Å². The van der Waals surface area contributed by atoms with Crippen LogP contribution in [0.25, 0.3) is 11.1 Å². The Morgan fingerprint density at radius 1 is 0.917 bits per heavy atom. The summed E-state index contributed by atoms with van der Waals surface area (Å²) in [5.41, 5.74) is 8.13. The van der Waals surface area contributed by atoms with E-state index in [-0.39, 0.29) is 0 Å². The van der Waals surface area contributed by atoms with E-state index in [1.54, 1.807) is 0 Å². The summed E-state index contributed by atoms with van der Waals surface area (Å²) >= 11 is 0. The van der Waals surface area contributed by atoms with E-state index in [1.165, 1.54) is 65.7 Å². The van der Waals surface area contributed by atoms with E-state index in [0.717, 1.165) is 0 Å². The zero-order valence-electron chi connectivity index (χ0n) is 15.5. The summed E-state index contributed by atoms with van der Waals surface area (Å²) in [5, 5.41) is 3.31. The molecule has 0 bridgehead atoms. The van der Waals surface area contributed by atoms with Gasteiger partial charge in [-0.3, -0.25) is 0 Å². The Morgan fingerprint density at radius 3 is 2.33 bits per heavy atom. The van der Waals surface area contributed by atoms with Crippen LogP contribution in [0.5, 0.6) is 0 Å². The molecule has 2 nitrogen and oxygen atoms in total. The van der Waals surface area contributed by atoms with Crippen molar-refractivity contribution in [3.63, 3.8) is 0 Å². The molecule has 0 spiro atoms. The lowest BCUT2D eigenvalue weighted by atomic mass is 9.80. The third-order valence-corrected chi connectivity index (χ3v) is 5.41. The summed E-state index contributed by atoms with van der Waals surface area (Å²) < 4.78 is 0. The first kappa shape index (κ1) is 16.9. The second-order valence-electron chi connectivity index (χ2n) is 7.28. The average molecular weight is 322 g/mol. The maximum absolute atomic E-state index is 3.31. The van der Waals surface area contributed by atoms with Crippen LogP contribution in [-0.4, -0.2) is 21.1 Å². The van der Waals surface area contributed by atoms with Gasteiger partial charge in [-0.25, -0.2) is 0 Å². The number of benzene rings is 2. The molecule has 0 radical (unpaired) electrons. The van der Waals surface area contributed by atoms with E-state index in [9.17, 15) is 0 Å². The lowest BCUT2D eigenvalue weighted by Gasteiger charge is -2.26. The Morgan fingerprint density at radius 2 is 1.67 bits per heavy atom. The molecular formula is C22H30N2. The first-order valence-electron chi connectivity index (χ1n) is 9.20. The van der Waals surface area contributed by atoms with E-state index in [2.05, 4.69) is 67.6 Å². The van der Waals surface area contributed by atoms with Crippen LogP contribution >= 0.6 is 0 Å². The van der Waals surface area contributed by atoms with Crippen LogP contribution in [0.15, 0.2) is 36.4 Å². The van der Waals surface area contributed by atoms with E-state index in [1.807, 2.05) is 7.05 Å². The Kier molecular flexibility index (Phi) is 5.13. The zero-order valence-corrected chi connectivity index (χ0v) is 15.5. The maximum atomic E-state index is 3.31. The third kappa shape index (κ3) is 3.43. The summed E-state index contributed by atoms with van der Waals surface area (Å²) in [6, 6.07) is 13.7. The number of anilines is 2. The van der Waals surface area contributed by atoms with Gasteiger partial charge in [0.15, 0.2) is 0 Å². The molecule has 1 aliphatic carbocycles. The van der Waals surface area contributed by atoms with E-state index >= 15 is 0 Å². The fraction of sp³-hybridized carbons (Fsp3) is 0.455. The lowest BCUT2D eigenvalue weighted by Crippen LogP contribution is -2.09. The Labute approximate surface area is 146 Å². The first-order chi connectivity index (χ1) is 11.6. The summed E-state index contributed by atoms with van der Waals surface area (Å²) in [6.45, 7) is 2.23. The molecule has 0 aromatic heterocycles. The molecule has 0 amide bonds. The number of nitrogens with one attached hydrogen (secondary N) is 1. The second-order valence-corrected chi connectivity index (χ2v) is 7.28. The van der Waals surface area contributed by atoms with Crippen LogP contribution in [0, 0.1) is 6.92 Å². The van der Waals surface area contributed by atoms with Crippen molar-refractivity contribution >= 4 is 11.4 Å². The summed E-state index contributed by atoms with van der Waals surface area (Å²) in [7, 11) is 6.23. The first-order valence-corrected chi connectivity index (χ1v) is 9.20. The van der Waals surface area contributed by atoms with Gasteiger partial charge in [-0.2, -0.15) is 0 Å². The minimum atomic E-state index is 0.710. The highest BCUT2D eigenvalue weighted by atomic mass is 15.1. The molecule has 1 N–H and O–H groups in total. The molecule has 0 unspecified atom stereocenters. The normalized spacial score (nSPS) is 15.3. The van der Waals surface area contributed by atoms with E-state index < -0.39 is 0 Å². The van der Waals surface area contributed by atoms with Crippen molar-refractivity contribution in [2.24, 2.45) is 0 Å². The quantitative estimate of drug-likeness (QED) is 0.763. The van der Waals surface area contributed by atoms with E-state index in [4.69, 9.17) is 0 Å². The maximum Gasteiger partial charge on any atom is 0.0367 e. The molecule has 24 heavy (non-hydrogen) atoms. The van der Waals surface area contributed by atoms with E-state index in [0.29, 0.717) is 5.92 Å². The molecule has 0 saturated heterocycles. The van der Waals surface area contributed by atoms with Gasteiger partial charge in [-0.15, -0.1) is 0 Å². The van der Waals surface area contributed by atoms with Crippen LogP contribution in [0.4, 0.5) is 11.4 Å². The Balaban J connectivity index is 2.12. The molecule has 2 aromatic rings. The summed E-state index contributed by atoms with van der Waals surface area (Å²) in [6.07, 6.45) is 6.80. The largest absolute Gasteiger partial charge is 0.388 e. The van der Waals surface area contributed by atoms with Gasteiger partial charge in [-0.1, -0.05) is 31.4 Å². The lowest BCUT2D eigenvalue weighted by molar-refractivity contribution is 0.444.